The molecule has 0 spiro atoms. The van der Waals surface area contributed by atoms with Gasteiger partial charge in [0.2, 0.25) is 0 Å². The monoisotopic (exact) mass is 495 g/mol. The summed E-state index contributed by atoms with van der Waals surface area (Å²) >= 11 is 6.52. The fraction of sp³-hybridized carbons (Fsp3) is 0.545. The lowest BCUT2D eigenvalue weighted by Gasteiger charge is -2.35. The molecule has 0 aromatic carbocycles. The van der Waals surface area contributed by atoms with E-state index in [1.54, 1.807) is 13.2 Å². The molecule has 127 valence electrons. The van der Waals surface area contributed by atoms with E-state index in [0.29, 0.717) is 5.92 Å². The van der Waals surface area contributed by atoms with Gasteiger partial charge in [-0.3, -0.25) is 0 Å². The van der Waals surface area contributed by atoms with Gasteiger partial charge in [0.25, 0.3) is 0 Å². The van der Waals surface area contributed by atoms with E-state index in [4.69, 9.17) is 0 Å². The third kappa shape index (κ3) is 3.83. The Hall–Kier alpha value is 0.650. The first-order chi connectivity index (χ1) is 9.68. The van der Waals surface area contributed by atoms with Crippen molar-refractivity contribution in [2.24, 2.45) is 0 Å². The Bertz CT molecular complexity index is 484. The second-order valence-corrected chi connectivity index (χ2v) is 9.13. The second-order valence-electron chi connectivity index (χ2n) is 4.21. The number of hydrogen-bond acceptors (Lipinski definition) is 2. The highest BCUT2D eigenvalue weighted by atomic mass is 79.9. The molecule has 1 unspecified atom stereocenters. The molecule has 0 bridgehead atoms. The van der Waals surface area contributed by atoms with Gasteiger partial charge >= 0.3 is 17.4 Å². The first kappa shape index (κ1) is 20.7. The van der Waals surface area contributed by atoms with E-state index in [2.05, 4.69) is 31.9 Å². The summed E-state index contributed by atoms with van der Waals surface area (Å²) in [6, 6.07) is 0. The topological polar surface area (TPSA) is 0 Å². The van der Waals surface area contributed by atoms with Gasteiger partial charge < -0.3 is 0 Å². The fourth-order valence-corrected chi connectivity index (χ4v) is 4.86. The average Bonchev–Trinajstić information content (AvgIpc) is 2.33. The van der Waals surface area contributed by atoms with Gasteiger partial charge in [-0.1, -0.05) is 50.5 Å². The van der Waals surface area contributed by atoms with Crippen LogP contribution in [0.2, 0.25) is 0 Å². The van der Waals surface area contributed by atoms with Crippen molar-refractivity contribution in [3.63, 3.8) is 0 Å². The first-order valence-corrected chi connectivity index (χ1v) is 9.00. The van der Waals surface area contributed by atoms with Crippen molar-refractivity contribution in [2.75, 3.05) is 6.26 Å². The lowest BCUT2D eigenvalue weighted by Crippen LogP contribution is -2.50. The van der Waals surface area contributed by atoms with Crippen molar-refractivity contribution in [3.05, 3.63) is 27.5 Å². The normalized spacial score (nSPS) is 25.0. The Kier molecular flexibility index (Phi) is 6.13. The number of allylic oxidation sites excluding steroid dienone is 2. The Morgan fingerprint density at radius 1 is 1.05 bits per heavy atom. The standard InChI is InChI=1S/C11H8Br2F7S2/c1-5-7(12)3-6(4-8(5,13)21-2)22-9(14,10(15,16)17)11(18,19)20/h3-4H,1-2H3. The maximum Gasteiger partial charge on any atom is 0.441 e. The smallest absolute Gasteiger partial charge is 0.211 e. The molecular weight excluding hydrogens is 489 g/mol. The van der Waals surface area contributed by atoms with Gasteiger partial charge in [0.05, 0.1) is 0 Å². The van der Waals surface area contributed by atoms with Crippen molar-refractivity contribution >= 4 is 55.4 Å². The second kappa shape index (κ2) is 6.51. The van der Waals surface area contributed by atoms with E-state index in [0.717, 1.165) is 23.9 Å². The molecule has 0 amide bonds. The zero-order valence-corrected chi connectivity index (χ0v) is 15.7. The lowest BCUT2D eigenvalue weighted by atomic mass is 10.0. The third-order valence-corrected chi connectivity index (χ3v) is 7.60. The summed E-state index contributed by atoms with van der Waals surface area (Å²) in [6.45, 7) is 1.64. The van der Waals surface area contributed by atoms with Gasteiger partial charge in [-0.25, -0.2) is 4.39 Å². The van der Waals surface area contributed by atoms with Gasteiger partial charge in [0.1, 0.15) is 3.66 Å². The summed E-state index contributed by atoms with van der Waals surface area (Å²) < 4.78 is 88.7. The molecule has 0 aromatic rings. The third-order valence-electron chi connectivity index (χ3n) is 2.75. The first-order valence-electron chi connectivity index (χ1n) is 5.38. The van der Waals surface area contributed by atoms with E-state index in [-0.39, 0.29) is 4.48 Å². The Morgan fingerprint density at radius 2 is 1.50 bits per heavy atom. The molecule has 0 nitrogen and oxygen atoms in total. The van der Waals surface area contributed by atoms with Crippen molar-refractivity contribution in [3.8, 4) is 0 Å². The van der Waals surface area contributed by atoms with Crippen LogP contribution in [0.15, 0.2) is 21.5 Å². The quantitative estimate of drug-likeness (QED) is 0.313. The van der Waals surface area contributed by atoms with Gasteiger partial charge in [-0.05, 0) is 18.4 Å². The summed E-state index contributed by atoms with van der Waals surface area (Å²) in [5, 5.41) is -5.38. The van der Waals surface area contributed by atoms with Crippen LogP contribution in [0.1, 0.15) is 6.92 Å². The predicted octanol–water partition coefficient (Wildman–Crippen LogP) is 6.73. The SMILES string of the molecule is CSC1(Br)C=C(SC(F)(C(F)(F)F)C(F)(F)F)C=C(Br)[C]1C. The van der Waals surface area contributed by atoms with Gasteiger partial charge in [-0.15, -0.1) is 11.8 Å². The van der Waals surface area contributed by atoms with Crippen LogP contribution >= 0.6 is 55.4 Å². The summed E-state index contributed by atoms with van der Waals surface area (Å²) in [7, 11) is 0. The molecule has 11 heteroatoms. The largest absolute Gasteiger partial charge is 0.441 e. The summed E-state index contributed by atoms with van der Waals surface area (Å²) in [5.74, 6) is 0.632. The molecule has 22 heavy (non-hydrogen) atoms. The van der Waals surface area contributed by atoms with E-state index in [1.807, 2.05) is 0 Å². The van der Waals surface area contributed by atoms with Gasteiger partial charge in [0.15, 0.2) is 0 Å². The number of rotatable bonds is 3. The van der Waals surface area contributed by atoms with Crippen molar-refractivity contribution < 1.29 is 30.7 Å². The highest BCUT2D eigenvalue weighted by Gasteiger charge is 2.73. The fourth-order valence-electron chi connectivity index (χ4n) is 1.44. The van der Waals surface area contributed by atoms with E-state index < -0.39 is 37.7 Å². The van der Waals surface area contributed by atoms with Crippen LogP contribution in [-0.2, 0) is 0 Å². The molecule has 1 radical (unpaired) electrons. The zero-order valence-electron chi connectivity index (χ0n) is 10.9. The van der Waals surface area contributed by atoms with Crippen LogP contribution in [-0.4, -0.2) is 27.3 Å². The molecular formula is C11H8Br2F7S2. The van der Waals surface area contributed by atoms with Crippen LogP contribution < -0.4 is 0 Å². The minimum absolute atomic E-state index is 0.287. The lowest BCUT2D eigenvalue weighted by molar-refractivity contribution is -0.302. The molecule has 1 atom stereocenters. The molecule has 1 aliphatic rings. The van der Waals surface area contributed by atoms with Crippen LogP contribution in [0.5, 0.6) is 0 Å². The van der Waals surface area contributed by atoms with Gasteiger partial charge in [-0.2, -0.15) is 26.3 Å². The Morgan fingerprint density at radius 3 is 1.86 bits per heavy atom. The minimum Gasteiger partial charge on any atom is -0.211 e. The Balaban J connectivity index is 3.29. The molecule has 0 N–H and O–H groups in total. The zero-order chi connectivity index (χ0) is 17.6. The number of alkyl halides is 8. The number of thioether (sulfide) groups is 2. The molecule has 0 aromatic heterocycles. The van der Waals surface area contributed by atoms with Gasteiger partial charge in [0, 0.05) is 15.3 Å². The molecule has 1 rings (SSSR count). The van der Waals surface area contributed by atoms with Crippen LogP contribution in [0, 0.1) is 5.92 Å². The molecule has 0 heterocycles. The predicted molar refractivity (Wildman–Crippen MR) is 82.7 cm³/mol. The van der Waals surface area contributed by atoms with E-state index in [1.165, 1.54) is 0 Å². The summed E-state index contributed by atoms with van der Waals surface area (Å²) in [4.78, 5) is -0.485. The molecule has 1 aliphatic carbocycles. The number of halogens is 9. The highest BCUT2D eigenvalue weighted by Crippen LogP contribution is 2.58. The van der Waals surface area contributed by atoms with E-state index >= 15 is 0 Å². The maximum atomic E-state index is 13.8. The van der Waals surface area contributed by atoms with Crippen molar-refractivity contribution in [1.29, 1.82) is 0 Å². The summed E-state index contributed by atoms with van der Waals surface area (Å²) in [6.07, 6.45) is -8.43. The molecule has 0 saturated carbocycles. The van der Waals surface area contributed by atoms with Crippen LogP contribution in [0.25, 0.3) is 0 Å². The van der Waals surface area contributed by atoms with Crippen molar-refractivity contribution in [2.45, 2.75) is 27.9 Å². The number of hydrogen-bond donors (Lipinski definition) is 0. The maximum absolute atomic E-state index is 13.8. The van der Waals surface area contributed by atoms with Crippen molar-refractivity contribution in [1.82, 2.24) is 0 Å². The van der Waals surface area contributed by atoms with Crippen LogP contribution in [0.4, 0.5) is 30.7 Å². The average molecular weight is 497 g/mol. The molecule has 0 aliphatic heterocycles. The Labute approximate surface area is 147 Å². The minimum atomic E-state index is -6.10. The molecule has 0 fully saturated rings. The van der Waals surface area contributed by atoms with E-state index in [9.17, 15) is 30.7 Å². The highest BCUT2D eigenvalue weighted by molar-refractivity contribution is 9.12. The molecule has 0 saturated heterocycles. The summed E-state index contributed by atoms with van der Waals surface area (Å²) in [5.41, 5.74) is 0. The van der Waals surface area contributed by atoms with Crippen LogP contribution in [0.3, 0.4) is 0 Å².